The van der Waals surface area contributed by atoms with Gasteiger partial charge in [0.15, 0.2) is 11.7 Å². The van der Waals surface area contributed by atoms with Crippen molar-refractivity contribution >= 4 is 68.8 Å². The molecule has 0 aliphatic heterocycles. The van der Waals surface area contributed by atoms with E-state index < -0.39 is 0 Å². The van der Waals surface area contributed by atoms with Crippen LogP contribution in [0.5, 0.6) is 5.75 Å². The Morgan fingerprint density at radius 2 is 1.89 bits per heavy atom. The number of halogens is 4. The Morgan fingerprint density at radius 3 is 2.67 bits per heavy atom. The molecule has 2 aromatic carbocycles. The summed E-state index contributed by atoms with van der Waals surface area (Å²) in [7, 11) is 0. The maximum absolute atomic E-state index is 12.1. The molecule has 0 aliphatic carbocycles. The summed E-state index contributed by atoms with van der Waals surface area (Å²) in [4.78, 5) is 17.2. The smallest absolute Gasteiger partial charge is 0.264 e. The third-order valence-corrected chi connectivity index (χ3v) is 5.89. The Morgan fingerprint density at radius 1 is 1.07 bits per heavy atom. The van der Waals surface area contributed by atoms with Crippen molar-refractivity contribution in [2.24, 2.45) is 0 Å². The maximum Gasteiger partial charge on any atom is 0.264 e. The number of thiazole rings is 1. The van der Waals surface area contributed by atoms with Gasteiger partial charge in [-0.05, 0) is 29.8 Å². The number of nitrogens with zero attached hydrogens (tertiary/aromatic N) is 1. The van der Waals surface area contributed by atoms with Crippen molar-refractivity contribution in [3.63, 3.8) is 0 Å². The molecule has 0 spiro atoms. The first kappa shape index (κ1) is 20.2. The maximum atomic E-state index is 12.1. The van der Waals surface area contributed by atoms with E-state index in [1.807, 2.05) is 12.1 Å². The van der Waals surface area contributed by atoms with Gasteiger partial charge in [-0.15, -0.1) is 11.3 Å². The fraction of sp³-hybridized carbons (Fsp3) is 0.111. The third-order valence-electron chi connectivity index (χ3n) is 3.44. The number of carbonyl (C=O) groups is 1. The molecule has 27 heavy (non-hydrogen) atoms. The molecular weight excluding hydrogens is 450 g/mol. The predicted molar refractivity (Wildman–Crippen MR) is 112 cm³/mol. The number of hydrogen-bond acceptors (Lipinski definition) is 4. The van der Waals surface area contributed by atoms with Crippen LogP contribution in [0.25, 0.3) is 0 Å². The fourth-order valence-corrected chi connectivity index (χ4v) is 3.72. The summed E-state index contributed by atoms with van der Waals surface area (Å²) in [5.41, 5.74) is 1.00. The molecule has 0 radical (unpaired) electrons. The number of ether oxygens (including phenoxy) is 1. The van der Waals surface area contributed by atoms with Crippen LogP contribution in [-0.4, -0.2) is 17.5 Å². The second kappa shape index (κ2) is 9.13. The predicted octanol–water partition coefficient (Wildman–Crippen LogP) is 6.37. The normalized spacial score (nSPS) is 10.7. The van der Waals surface area contributed by atoms with Crippen molar-refractivity contribution in [3.05, 3.63) is 73.1 Å². The second-order valence-corrected chi connectivity index (χ2v) is 8.16. The van der Waals surface area contributed by atoms with E-state index in [1.165, 1.54) is 11.3 Å². The molecule has 0 fully saturated rings. The number of benzene rings is 2. The van der Waals surface area contributed by atoms with E-state index in [0.717, 1.165) is 10.4 Å². The van der Waals surface area contributed by atoms with Gasteiger partial charge in [-0.2, -0.15) is 0 Å². The van der Waals surface area contributed by atoms with Crippen LogP contribution in [0.1, 0.15) is 10.4 Å². The van der Waals surface area contributed by atoms with Crippen molar-refractivity contribution in [2.75, 3.05) is 11.9 Å². The molecule has 1 amide bonds. The molecule has 9 heteroatoms. The summed E-state index contributed by atoms with van der Waals surface area (Å²) in [6.45, 7) is -0.207. The standard InChI is InChI=1S/C18H12Cl4N2O2S/c19-12-5-4-10(7-14(12)21)6-11-8-23-18(27-11)24-16(25)9-26-15-3-1-2-13(20)17(15)22/h1-5,7-8H,6,9H2,(H,23,24,25). The molecule has 1 aromatic heterocycles. The molecule has 0 atom stereocenters. The first-order valence-electron chi connectivity index (χ1n) is 7.67. The van der Waals surface area contributed by atoms with E-state index in [0.29, 0.717) is 32.4 Å². The van der Waals surface area contributed by atoms with Crippen LogP contribution in [0.15, 0.2) is 42.6 Å². The van der Waals surface area contributed by atoms with E-state index in [9.17, 15) is 4.79 Å². The summed E-state index contributed by atoms with van der Waals surface area (Å²) in [5.74, 6) is 0.000223. The van der Waals surface area contributed by atoms with Crippen LogP contribution in [0.4, 0.5) is 5.13 Å². The zero-order chi connectivity index (χ0) is 19.4. The highest BCUT2D eigenvalue weighted by Gasteiger charge is 2.11. The minimum Gasteiger partial charge on any atom is -0.482 e. The van der Waals surface area contributed by atoms with Gasteiger partial charge in [-0.1, -0.05) is 58.5 Å². The Labute approximate surface area is 180 Å². The van der Waals surface area contributed by atoms with Gasteiger partial charge in [0.05, 0.1) is 15.1 Å². The van der Waals surface area contributed by atoms with E-state index in [1.54, 1.807) is 30.5 Å². The minimum absolute atomic E-state index is 0.207. The summed E-state index contributed by atoms with van der Waals surface area (Å²) < 4.78 is 5.40. The van der Waals surface area contributed by atoms with Crippen LogP contribution in [0.2, 0.25) is 20.1 Å². The van der Waals surface area contributed by atoms with Gasteiger partial charge >= 0.3 is 0 Å². The number of nitrogens with one attached hydrogen (secondary N) is 1. The second-order valence-electron chi connectivity index (χ2n) is 5.45. The Kier molecular flexibility index (Phi) is 6.84. The third kappa shape index (κ3) is 5.50. The van der Waals surface area contributed by atoms with Crippen molar-refractivity contribution in [3.8, 4) is 5.75 Å². The SMILES string of the molecule is O=C(COc1cccc(Cl)c1Cl)Nc1ncc(Cc2ccc(Cl)c(Cl)c2)s1. The Balaban J connectivity index is 1.56. The van der Waals surface area contributed by atoms with E-state index in [-0.39, 0.29) is 17.5 Å². The van der Waals surface area contributed by atoms with Crippen molar-refractivity contribution in [1.82, 2.24) is 4.98 Å². The van der Waals surface area contributed by atoms with Gasteiger partial charge in [0.2, 0.25) is 0 Å². The van der Waals surface area contributed by atoms with Gasteiger partial charge in [0, 0.05) is 17.5 Å². The number of aromatic nitrogens is 1. The van der Waals surface area contributed by atoms with Gasteiger partial charge in [-0.25, -0.2) is 4.98 Å². The zero-order valence-corrected chi connectivity index (χ0v) is 17.5. The topological polar surface area (TPSA) is 51.2 Å². The molecule has 0 saturated carbocycles. The average Bonchev–Trinajstić information content (AvgIpc) is 3.06. The number of amides is 1. The molecule has 140 valence electrons. The van der Waals surface area contributed by atoms with Crippen LogP contribution >= 0.6 is 57.7 Å². The highest BCUT2D eigenvalue weighted by atomic mass is 35.5. The van der Waals surface area contributed by atoms with Gasteiger partial charge < -0.3 is 4.74 Å². The molecule has 0 unspecified atom stereocenters. The molecule has 0 aliphatic rings. The van der Waals surface area contributed by atoms with Gasteiger partial charge in [0.1, 0.15) is 10.8 Å². The molecule has 1 N–H and O–H groups in total. The lowest BCUT2D eigenvalue weighted by Crippen LogP contribution is -2.20. The quantitative estimate of drug-likeness (QED) is 0.464. The molecule has 3 rings (SSSR count). The largest absolute Gasteiger partial charge is 0.482 e. The number of rotatable bonds is 6. The lowest BCUT2D eigenvalue weighted by atomic mass is 10.1. The molecule has 3 aromatic rings. The number of hydrogen-bond donors (Lipinski definition) is 1. The first-order valence-corrected chi connectivity index (χ1v) is 10.0. The van der Waals surface area contributed by atoms with Gasteiger partial charge in [0.25, 0.3) is 5.91 Å². The van der Waals surface area contributed by atoms with Crippen molar-refractivity contribution in [1.29, 1.82) is 0 Å². The van der Waals surface area contributed by atoms with Crippen molar-refractivity contribution < 1.29 is 9.53 Å². The van der Waals surface area contributed by atoms with Crippen LogP contribution in [0, 0.1) is 0 Å². The summed E-state index contributed by atoms with van der Waals surface area (Å²) in [6, 6.07) is 10.4. The first-order chi connectivity index (χ1) is 12.9. The average molecular weight is 462 g/mol. The monoisotopic (exact) mass is 460 g/mol. The zero-order valence-electron chi connectivity index (χ0n) is 13.6. The summed E-state index contributed by atoms with van der Waals surface area (Å²) >= 11 is 25.3. The van der Waals surface area contributed by atoms with E-state index in [2.05, 4.69) is 10.3 Å². The lowest BCUT2D eigenvalue weighted by Gasteiger charge is -2.08. The van der Waals surface area contributed by atoms with E-state index in [4.69, 9.17) is 51.1 Å². The molecule has 1 heterocycles. The molecule has 0 bridgehead atoms. The molecular formula is C18H12Cl4N2O2S. The lowest BCUT2D eigenvalue weighted by molar-refractivity contribution is -0.118. The Hall–Kier alpha value is -1.50. The highest BCUT2D eigenvalue weighted by Crippen LogP contribution is 2.31. The molecule has 0 saturated heterocycles. The number of anilines is 1. The van der Waals surface area contributed by atoms with Gasteiger partial charge in [-0.3, -0.25) is 10.1 Å². The van der Waals surface area contributed by atoms with Crippen molar-refractivity contribution in [2.45, 2.75) is 6.42 Å². The fourth-order valence-electron chi connectivity index (χ4n) is 2.19. The molecule has 4 nitrogen and oxygen atoms in total. The summed E-state index contributed by atoms with van der Waals surface area (Å²) in [6.07, 6.45) is 2.34. The minimum atomic E-state index is -0.346. The number of carbonyl (C=O) groups excluding carboxylic acids is 1. The summed E-state index contributed by atoms with van der Waals surface area (Å²) in [5, 5.41) is 4.82. The highest BCUT2D eigenvalue weighted by molar-refractivity contribution is 7.15. The van der Waals surface area contributed by atoms with Crippen LogP contribution in [-0.2, 0) is 11.2 Å². The Bertz CT molecular complexity index is 978. The van der Waals surface area contributed by atoms with Crippen LogP contribution in [0.3, 0.4) is 0 Å². The van der Waals surface area contributed by atoms with Crippen LogP contribution < -0.4 is 10.1 Å². The van der Waals surface area contributed by atoms with E-state index >= 15 is 0 Å².